The summed E-state index contributed by atoms with van der Waals surface area (Å²) in [6, 6.07) is -0.127. The molecule has 1 fully saturated rings. The first-order valence-electron chi connectivity index (χ1n) is 8.49. The Hall–Kier alpha value is -2.42. The van der Waals surface area contributed by atoms with E-state index >= 15 is 0 Å². The lowest BCUT2D eigenvalue weighted by atomic mass is 10.1. The summed E-state index contributed by atoms with van der Waals surface area (Å²) in [4.78, 5) is 26.6. The molecule has 0 radical (unpaired) electrons. The minimum absolute atomic E-state index is 0.0915. The van der Waals surface area contributed by atoms with Crippen LogP contribution in [0, 0.1) is 0 Å². The SMILES string of the molecule is CCn1c([C@@H]2C[C@H](OC)CN2C(=O)c2cnn(C(C)C)c2)n[nH]c1=O. The van der Waals surface area contributed by atoms with Gasteiger partial charge in [0, 0.05) is 38.9 Å². The van der Waals surface area contributed by atoms with Gasteiger partial charge in [0.1, 0.15) is 0 Å². The first-order valence-corrected chi connectivity index (χ1v) is 8.49. The molecule has 0 bridgehead atoms. The van der Waals surface area contributed by atoms with E-state index in [2.05, 4.69) is 15.3 Å². The molecule has 0 saturated carbocycles. The van der Waals surface area contributed by atoms with Gasteiger partial charge in [-0.3, -0.25) is 14.0 Å². The van der Waals surface area contributed by atoms with Crippen molar-refractivity contribution in [3.63, 3.8) is 0 Å². The zero-order chi connectivity index (χ0) is 18.1. The lowest BCUT2D eigenvalue weighted by Gasteiger charge is -2.23. The first-order chi connectivity index (χ1) is 12.0. The number of rotatable bonds is 5. The van der Waals surface area contributed by atoms with Gasteiger partial charge in [-0.2, -0.15) is 10.2 Å². The van der Waals surface area contributed by atoms with Gasteiger partial charge in [0.25, 0.3) is 5.91 Å². The molecule has 2 aromatic heterocycles. The van der Waals surface area contributed by atoms with E-state index in [-0.39, 0.29) is 29.8 Å². The topological polar surface area (TPSA) is 98.0 Å². The van der Waals surface area contributed by atoms with Crippen molar-refractivity contribution in [1.29, 1.82) is 0 Å². The Morgan fingerprint density at radius 2 is 2.24 bits per heavy atom. The molecule has 0 spiro atoms. The van der Waals surface area contributed by atoms with Crippen molar-refractivity contribution >= 4 is 5.91 Å². The van der Waals surface area contributed by atoms with E-state index < -0.39 is 0 Å². The van der Waals surface area contributed by atoms with Crippen molar-refractivity contribution in [3.8, 4) is 0 Å². The summed E-state index contributed by atoms with van der Waals surface area (Å²) in [5.41, 5.74) is 0.259. The normalized spacial score (nSPS) is 20.6. The molecule has 3 heterocycles. The minimum Gasteiger partial charge on any atom is -0.380 e. The number of H-pyrrole nitrogens is 1. The lowest BCUT2D eigenvalue weighted by molar-refractivity contribution is 0.0682. The number of aromatic amines is 1. The summed E-state index contributed by atoms with van der Waals surface area (Å²) in [7, 11) is 1.63. The van der Waals surface area contributed by atoms with Gasteiger partial charge < -0.3 is 9.64 Å². The Bertz CT molecular complexity index is 805. The van der Waals surface area contributed by atoms with Crippen LogP contribution in [-0.4, -0.2) is 55.1 Å². The third-order valence-electron chi connectivity index (χ3n) is 4.64. The number of carbonyl (C=O) groups excluding carboxylic acids is 1. The van der Waals surface area contributed by atoms with Crippen LogP contribution in [-0.2, 0) is 11.3 Å². The van der Waals surface area contributed by atoms with Crippen molar-refractivity contribution in [3.05, 3.63) is 34.3 Å². The number of methoxy groups -OCH3 is 1. The monoisotopic (exact) mass is 348 g/mol. The second kappa shape index (κ2) is 6.83. The molecule has 0 aromatic carbocycles. The smallest absolute Gasteiger partial charge is 0.343 e. The van der Waals surface area contributed by atoms with Gasteiger partial charge in [0.2, 0.25) is 0 Å². The highest BCUT2D eigenvalue weighted by Crippen LogP contribution is 2.33. The molecule has 0 unspecified atom stereocenters. The lowest BCUT2D eigenvalue weighted by Crippen LogP contribution is -2.33. The van der Waals surface area contributed by atoms with E-state index in [0.717, 1.165) is 0 Å². The number of aromatic nitrogens is 5. The van der Waals surface area contributed by atoms with Gasteiger partial charge in [-0.1, -0.05) is 0 Å². The number of amides is 1. The minimum atomic E-state index is -0.307. The fourth-order valence-corrected chi connectivity index (χ4v) is 3.22. The van der Waals surface area contributed by atoms with E-state index in [9.17, 15) is 9.59 Å². The quantitative estimate of drug-likeness (QED) is 0.868. The standard InChI is InChI=1S/C16H24N6O3/c1-5-20-14(18-19-16(20)24)13-6-12(25-4)9-21(13)15(23)11-7-17-22(8-11)10(2)3/h7-8,10,12-13H,5-6,9H2,1-4H3,(H,19,24)/t12-,13-/m0/s1. The molecule has 0 aliphatic carbocycles. The molecule has 9 nitrogen and oxygen atoms in total. The summed E-state index contributed by atoms with van der Waals surface area (Å²) in [5.74, 6) is 0.436. The zero-order valence-corrected chi connectivity index (χ0v) is 15.0. The molecule has 3 rings (SSSR count). The Morgan fingerprint density at radius 1 is 1.48 bits per heavy atom. The molecule has 136 valence electrons. The Balaban J connectivity index is 1.93. The number of carbonyl (C=O) groups is 1. The van der Waals surface area contributed by atoms with Crippen molar-refractivity contribution < 1.29 is 9.53 Å². The zero-order valence-electron chi connectivity index (χ0n) is 15.0. The van der Waals surface area contributed by atoms with E-state index in [4.69, 9.17) is 4.74 Å². The summed E-state index contributed by atoms with van der Waals surface area (Å²) in [6.07, 6.45) is 3.84. The molecule has 1 saturated heterocycles. The van der Waals surface area contributed by atoms with Crippen LogP contribution in [0.2, 0.25) is 0 Å². The Kier molecular flexibility index (Phi) is 4.76. The summed E-state index contributed by atoms with van der Waals surface area (Å²) >= 11 is 0. The third kappa shape index (κ3) is 3.11. The van der Waals surface area contributed by atoms with Crippen LogP contribution in [0.15, 0.2) is 17.2 Å². The van der Waals surface area contributed by atoms with E-state index in [1.807, 2.05) is 20.8 Å². The predicted octanol–water partition coefficient (Wildman–Crippen LogP) is 0.971. The van der Waals surface area contributed by atoms with E-state index in [0.29, 0.717) is 30.9 Å². The maximum Gasteiger partial charge on any atom is 0.343 e. The van der Waals surface area contributed by atoms with E-state index in [1.54, 1.807) is 33.7 Å². The van der Waals surface area contributed by atoms with Gasteiger partial charge in [0.15, 0.2) is 5.82 Å². The predicted molar refractivity (Wildman–Crippen MR) is 90.3 cm³/mol. The molecular weight excluding hydrogens is 324 g/mol. The molecular formula is C16H24N6O3. The van der Waals surface area contributed by atoms with Crippen LogP contribution in [0.1, 0.15) is 55.5 Å². The number of hydrogen-bond acceptors (Lipinski definition) is 5. The van der Waals surface area contributed by atoms with Gasteiger partial charge >= 0.3 is 5.69 Å². The second-order valence-corrected chi connectivity index (χ2v) is 6.50. The van der Waals surface area contributed by atoms with Crippen molar-refractivity contribution in [2.24, 2.45) is 0 Å². The van der Waals surface area contributed by atoms with Gasteiger partial charge in [-0.25, -0.2) is 9.89 Å². The average molecular weight is 348 g/mol. The van der Waals surface area contributed by atoms with Crippen LogP contribution >= 0.6 is 0 Å². The van der Waals surface area contributed by atoms with Crippen molar-refractivity contribution in [1.82, 2.24) is 29.4 Å². The summed E-state index contributed by atoms with van der Waals surface area (Å²) in [5, 5.41) is 10.9. The highest BCUT2D eigenvalue weighted by Gasteiger charge is 2.39. The van der Waals surface area contributed by atoms with Gasteiger partial charge in [-0.15, -0.1) is 0 Å². The van der Waals surface area contributed by atoms with Crippen LogP contribution in [0.5, 0.6) is 0 Å². The number of nitrogens with zero attached hydrogens (tertiary/aromatic N) is 5. The molecule has 2 atom stereocenters. The number of likely N-dealkylation sites (tertiary alicyclic amines) is 1. The highest BCUT2D eigenvalue weighted by molar-refractivity contribution is 5.94. The Labute approximate surface area is 145 Å². The van der Waals surface area contributed by atoms with Gasteiger partial charge in [-0.05, 0) is 20.8 Å². The van der Waals surface area contributed by atoms with Crippen LogP contribution in [0.25, 0.3) is 0 Å². The molecule has 25 heavy (non-hydrogen) atoms. The second-order valence-electron chi connectivity index (χ2n) is 6.50. The molecule has 1 N–H and O–H groups in total. The Morgan fingerprint density at radius 3 is 2.84 bits per heavy atom. The fraction of sp³-hybridized carbons (Fsp3) is 0.625. The number of hydrogen-bond donors (Lipinski definition) is 1. The van der Waals surface area contributed by atoms with Crippen LogP contribution < -0.4 is 5.69 Å². The summed E-state index contributed by atoms with van der Waals surface area (Å²) in [6.45, 7) is 6.83. The van der Waals surface area contributed by atoms with Gasteiger partial charge in [0.05, 0.1) is 23.9 Å². The molecule has 9 heteroatoms. The fourth-order valence-electron chi connectivity index (χ4n) is 3.22. The molecule has 1 aliphatic heterocycles. The number of nitrogens with one attached hydrogen (secondary N) is 1. The summed E-state index contributed by atoms with van der Waals surface area (Å²) < 4.78 is 8.77. The maximum absolute atomic E-state index is 13.0. The first kappa shape index (κ1) is 17.4. The van der Waals surface area contributed by atoms with Crippen LogP contribution in [0.4, 0.5) is 0 Å². The van der Waals surface area contributed by atoms with E-state index in [1.165, 1.54) is 0 Å². The molecule has 2 aromatic rings. The average Bonchev–Trinajstić information content (AvgIpc) is 3.31. The molecule has 1 amide bonds. The van der Waals surface area contributed by atoms with Crippen molar-refractivity contribution in [2.75, 3.05) is 13.7 Å². The highest BCUT2D eigenvalue weighted by atomic mass is 16.5. The third-order valence-corrected chi connectivity index (χ3v) is 4.64. The molecule has 1 aliphatic rings. The number of ether oxygens (including phenoxy) is 1. The largest absolute Gasteiger partial charge is 0.380 e. The van der Waals surface area contributed by atoms with Crippen molar-refractivity contribution in [2.45, 2.75) is 51.9 Å². The van der Waals surface area contributed by atoms with Crippen LogP contribution in [0.3, 0.4) is 0 Å². The maximum atomic E-state index is 13.0.